The van der Waals surface area contributed by atoms with Crippen LogP contribution in [0.25, 0.3) is 0 Å². The monoisotopic (exact) mass is 246 g/mol. The average molecular weight is 246 g/mol. The lowest BCUT2D eigenvalue weighted by Crippen LogP contribution is -2.23. The molecule has 1 aromatic carbocycles. The van der Waals surface area contributed by atoms with E-state index >= 15 is 0 Å². The number of nitrogens with zero attached hydrogens (tertiary/aromatic N) is 1. The van der Waals surface area contributed by atoms with E-state index in [1.165, 1.54) is 23.6 Å². The Morgan fingerprint density at radius 3 is 2.88 bits per heavy atom. The number of aliphatic imine (C=N–C) groups is 1. The number of hydrogen-bond acceptors (Lipinski definition) is 3. The van der Waals surface area contributed by atoms with Crippen LogP contribution in [0.4, 0.5) is 0 Å². The zero-order valence-electron chi connectivity index (χ0n) is 10.1. The second kappa shape index (κ2) is 4.73. The summed E-state index contributed by atoms with van der Waals surface area (Å²) in [6.45, 7) is 3.23. The fourth-order valence-electron chi connectivity index (χ4n) is 2.29. The van der Waals surface area contributed by atoms with Crippen LogP contribution < -0.4 is 5.32 Å². The fourth-order valence-corrected chi connectivity index (χ4v) is 3.29. The number of benzene rings is 1. The first-order valence-corrected chi connectivity index (χ1v) is 7.27. The lowest BCUT2D eigenvalue weighted by atomic mass is 10.1. The van der Waals surface area contributed by atoms with E-state index in [0.717, 1.165) is 6.54 Å². The SMILES string of the molecule is CCC1CN=C(NC2CC2c2ccccc2)S1. The highest BCUT2D eigenvalue weighted by molar-refractivity contribution is 8.14. The molecular weight excluding hydrogens is 228 g/mol. The molecule has 0 saturated heterocycles. The Kier molecular flexibility index (Phi) is 3.10. The Balaban J connectivity index is 1.53. The minimum absolute atomic E-state index is 0.610. The predicted octanol–water partition coefficient (Wildman–Crippen LogP) is 3.01. The molecule has 0 amide bonds. The normalized spacial score (nSPS) is 31.1. The topological polar surface area (TPSA) is 24.4 Å². The van der Waals surface area contributed by atoms with Crippen LogP contribution in [0.3, 0.4) is 0 Å². The van der Waals surface area contributed by atoms with Gasteiger partial charge in [-0.2, -0.15) is 0 Å². The molecule has 2 nitrogen and oxygen atoms in total. The van der Waals surface area contributed by atoms with Crippen LogP contribution in [0.5, 0.6) is 0 Å². The van der Waals surface area contributed by atoms with Gasteiger partial charge in [0.15, 0.2) is 5.17 Å². The third-order valence-corrected chi connectivity index (χ3v) is 4.79. The maximum Gasteiger partial charge on any atom is 0.157 e. The molecule has 1 N–H and O–H groups in total. The Morgan fingerprint density at radius 1 is 1.35 bits per heavy atom. The summed E-state index contributed by atoms with van der Waals surface area (Å²) in [6.07, 6.45) is 2.46. The summed E-state index contributed by atoms with van der Waals surface area (Å²) in [5.74, 6) is 0.695. The number of thioether (sulfide) groups is 1. The molecule has 17 heavy (non-hydrogen) atoms. The van der Waals surface area contributed by atoms with E-state index in [4.69, 9.17) is 0 Å². The van der Waals surface area contributed by atoms with Gasteiger partial charge < -0.3 is 5.32 Å². The zero-order valence-corrected chi connectivity index (χ0v) is 10.9. The van der Waals surface area contributed by atoms with E-state index in [2.05, 4.69) is 47.6 Å². The lowest BCUT2D eigenvalue weighted by molar-refractivity contribution is 0.835. The van der Waals surface area contributed by atoms with E-state index < -0.39 is 0 Å². The van der Waals surface area contributed by atoms with Gasteiger partial charge in [-0.3, -0.25) is 4.99 Å². The smallest absolute Gasteiger partial charge is 0.157 e. The van der Waals surface area contributed by atoms with Crippen LogP contribution >= 0.6 is 11.8 Å². The van der Waals surface area contributed by atoms with Crippen LogP contribution in [0.1, 0.15) is 31.2 Å². The minimum Gasteiger partial charge on any atom is -0.362 e. The summed E-state index contributed by atoms with van der Waals surface area (Å²) in [5, 5.41) is 5.45. The van der Waals surface area contributed by atoms with Crippen LogP contribution in [0.15, 0.2) is 35.3 Å². The van der Waals surface area contributed by atoms with Crippen LogP contribution in [-0.4, -0.2) is 23.0 Å². The molecule has 3 rings (SSSR count). The Morgan fingerprint density at radius 2 is 2.18 bits per heavy atom. The first kappa shape index (κ1) is 11.1. The van der Waals surface area contributed by atoms with Gasteiger partial charge in [0.1, 0.15) is 0 Å². The van der Waals surface area contributed by atoms with Crippen molar-refractivity contribution < 1.29 is 0 Å². The fraction of sp³-hybridized carbons (Fsp3) is 0.500. The molecule has 3 atom stereocenters. The number of hydrogen-bond donors (Lipinski definition) is 1. The molecule has 1 aliphatic heterocycles. The van der Waals surface area contributed by atoms with E-state index in [0.29, 0.717) is 17.2 Å². The van der Waals surface area contributed by atoms with Crippen molar-refractivity contribution in [2.75, 3.05) is 6.54 Å². The van der Waals surface area contributed by atoms with Gasteiger partial charge in [0.25, 0.3) is 0 Å². The highest BCUT2D eigenvalue weighted by Crippen LogP contribution is 2.41. The zero-order chi connectivity index (χ0) is 11.7. The van der Waals surface area contributed by atoms with Gasteiger partial charge in [0.2, 0.25) is 0 Å². The van der Waals surface area contributed by atoms with Gasteiger partial charge in [-0.15, -0.1) is 0 Å². The predicted molar refractivity (Wildman–Crippen MR) is 74.7 cm³/mol. The third kappa shape index (κ3) is 2.49. The number of rotatable bonds is 3. The Bertz CT molecular complexity index is 415. The highest BCUT2D eigenvalue weighted by Gasteiger charge is 2.39. The van der Waals surface area contributed by atoms with Gasteiger partial charge in [-0.25, -0.2) is 0 Å². The molecule has 1 aromatic rings. The molecule has 1 aliphatic carbocycles. The third-order valence-electron chi connectivity index (χ3n) is 3.50. The molecule has 0 radical (unpaired) electrons. The van der Waals surface area contributed by atoms with Crippen molar-refractivity contribution >= 4 is 16.9 Å². The molecule has 0 bridgehead atoms. The molecule has 1 fully saturated rings. The van der Waals surface area contributed by atoms with Crippen molar-refractivity contribution in [3.63, 3.8) is 0 Å². The van der Waals surface area contributed by atoms with Crippen molar-refractivity contribution in [2.24, 2.45) is 4.99 Å². The van der Waals surface area contributed by atoms with Crippen molar-refractivity contribution in [1.29, 1.82) is 0 Å². The van der Waals surface area contributed by atoms with Gasteiger partial charge in [0.05, 0.1) is 6.54 Å². The molecular formula is C14H18N2S. The van der Waals surface area contributed by atoms with E-state index in [9.17, 15) is 0 Å². The first-order valence-electron chi connectivity index (χ1n) is 6.39. The second-order valence-corrected chi connectivity index (χ2v) is 6.09. The molecule has 0 spiro atoms. The van der Waals surface area contributed by atoms with Crippen LogP contribution in [0, 0.1) is 0 Å². The van der Waals surface area contributed by atoms with Gasteiger partial charge in [-0.05, 0) is 18.4 Å². The molecule has 2 aliphatic rings. The summed E-state index contributed by atoms with van der Waals surface area (Å²) in [5.41, 5.74) is 1.46. The van der Waals surface area contributed by atoms with E-state index in [-0.39, 0.29) is 0 Å². The van der Waals surface area contributed by atoms with Crippen LogP contribution in [0.2, 0.25) is 0 Å². The Labute approximate surface area is 107 Å². The summed E-state index contributed by atoms with van der Waals surface area (Å²) in [4.78, 5) is 4.56. The van der Waals surface area contributed by atoms with Gasteiger partial charge in [-0.1, -0.05) is 49.0 Å². The first-order chi connectivity index (χ1) is 8.36. The maximum absolute atomic E-state index is 4.56. The average Bonchev–Trinajstić information content (AvgIpc) is 2.98. The standard InChI is InChI=1S/C14H18N2S/c1-2-11-9-15-14(17-11)16-13-8-12(13)10-6-4-3-5-7-10/h3-7,11-13H,2,8-9H2,1H3,(H,15,16). The highest BCUT2D eigenvalue weighted by atomic mass is 32.2. The second-order valence-electron chi connectivity index (χ2n) is 4.80. The molecule has 90 valence electrons. The van der Waals surface area contributed by atoms with Crippen molar-refractivity contribution in [2.45, 2.75) is 37.0 Å². The summed E-state index contributed by atoms with van der Waals surface area (Å²) < 4.78 is 0. The number of nitrogens with one attached hydrogen (secondary N) is 1. The molecule has 3 unspecified atom stereocenters. The summed E-state index contributed by atoms with van der Waals surface area (Å²) >= 11 is 1.92. The van der Waals surface area contributed by atoms with E-state index in [1.54, 1.807) is 0 Å². The summed E-state index contributed by atoms with van der Waals surface area (Å²) in [6, 6.07) is 11.4. The van der Waals surface area contributed by atoms with Crippen LogP contribution in [-0.2, 0) is 0 Å². The van der Waals surface area contributed by atoms with Gasteiger partial charge in [0, 0.05) is 17.2 Å². The molecule has 1 saturated carbocycles. The largest absolute Gasteiger partial charge is 0.362 e. The molecule has 0 aromatic heterocycles. The van der Waals surface area contributed by atoms with Gasteiger partial charge >= 0.3 is 0 Å². The molecule has 3 heteroatoms. The van der Waals surface area contributed by atoms with Crippen molar-refractivity contribution in [1.82, 2.24) is 5.32 Å². The minimum atomic E-state index is 0.610. The summed E-state index contributed by atoms with van der Waals surface area (Å²) in [7, 11) is 0. The van der Waals surface area contributed by atoms with Crippen molar-refractivity contribution in [3.05, 3.63) is 35.9 Å². The van der Waals surface area contributed by atoms with Crippen molar-refractivity contribution in [3.8, 4) is 0 Å². The molecule has 1 heterocycles. The lowest BCUT2D eigenvalue weighted by Gasteiger charge is -2.06. The van der Waals surface area contributed by atoms with E-state index in [1.807, 2.05) is 11.8 Å². The quantitative estimate of drug-likeness (QED) is 0.886. The maximum atomic E-state index is 4.56. The Hall–Kier alpha value is -0.960. The number of amidine groups is 1.